The van der Waals surface area contributed by atoms with Gasteiger partial charge in [0.2, 0.25) is 0 Å². The first kappa shape index (κ1) is 19.6. The Morgan fingerprint density at radius 3 is 1.66 bits per heavy atom. The zero-order chi connectivity index (χ0) is 22.2. The smallest absolute Gasteiger partial charge is 0.171 e. The van der Waals surface area contributed by atoms with Crippen LogP contribution in [0, 0.1) is 0 Å². The molecule has 32 heavy (non-hydrogen) atoms. The van der Waals surface area contributed by atoms with Gasteiger partial charge in [-0.1, -0.05) is 48.5 Å². The van der Waals surface area contributed by atoms with E-state index in [1.54, 1.807) is 20.3 Å². The number of hydrogen-bond acceptors (Lipinski definition) is 6. The van der Waals surface area contributed by atoms with Crippen molar-refractivity contribution in [1.29, 1.82) is 0 Å². The van der Waals surface area contributed by atoms with E-state index < -0.39 is 0 Å². The highest BCUT2D eigenvalue weighted by Gasteiger charge is 2.26. The summed E-state index contributed by atoms with van der Waals surface area (Å²) in [7, 11) is 3.15. The average Bonchev–Trinajstić information content (AvgIpc) is 2.83. The van der Waals surface area contributed by atoms with Gasteiger partial charge in [-0.15, -0.1) is 0 Å². The summed E-state index contributed by atoms with van der Waals surface area (Å²) in [6.45, 7) is 0. The highest BCUT2D eigenvalue weighted by atomic mass is 16.5. The molecule has 0 spiro atoms. The maximum atomic E-state index is 10.2. The molecule has 2 N–H and O–H groups in total. The minimum absolute atomic E-state index is 0.207. The Morgan fingerprint density at radius 1 is 0.594 bits per heavy atom. The predicted molar refractivity (Wildman–Crippen MR) is 124 cm³/mol. The van der Waals surface area contributed by atoms with E-state index in [-0.39, 0.29) is 11.5 Å². The summed E-state index contributed by atoms with van der Waals surface area (Å²) in [5, 5.41) is 20.0. The van der Waals surface area contributed by atoms with Gasteiger partial charge in [0.25, 0.3) is 0 Å². The first-order chi connectivity index (χ1) is 15.6. The number of ether oxygens (including phenoxy) is 2. The van der Waals surface area contributed by atoms with Crippen LogP contribution < -0.4 is 9.47 Å². The van der Waals surface area contributed by atoms with Crippen molar-refractivity contribution in [3.8, 4) is 45.3 Å². The van der Waals surface area contributed by atoms with Crippen LogP contribution in [0.4, 0.5) is 0 Å². The van der Waals surface area contributed by atoms with Gasteiger partial charge in [-0.05, 0) is 35.4 Å². The molecule has 0 saturated carbocycles. The summed E-state index contributed by atoms with van der Waals surface area (Å²) >= 11 is 0. The van der Waals surface area contributed by atoms with Crippen LogP contribution in [-0.4, -0.2) is 34.4 Å². The van der Waals surface area contributed by atoms with Crippen LogP contribution in [0.5, 0.6) is 23.0 Å². The first-order valence-corrected chi connectivity index (χ1v) is 10.0. The van der Waals surface area contributed by atoms with E-state index in [1.807, 2.05) is 54.6 Å². The predicted octanol–water partition coefficient (Wildman–Crippen LogP) is 5.55. The van der Waals surface area contributed by atoms with Crippen molar-refractivity contribution in [2.75, 3.05) is 14.2 Å². The van der Waals surface area contributed by atoms with Crippen LogP contribution in [0.1, 0.15) is 0 Å². The van der Waals surface area contributed by atoms with Gasteiger partial charge in [-0.3, -0.25) is 0 Å². The van der Waals surface area contributed by atoms with Crippen molar-refractivity contribution >= 4 is 22.1 Å². The van der Waals surface area contributed by atoms with Gasteiger partial charge in [-0.2, -0.15) is 0 Å². The molecule has 4 aromatic carbocycles. The second-order valence-corrected chi connectivity index (χ2v) is 7.30. The molecule has 5 rings (SSSR count). The van der Waals surface area contributed by atoms with Crippen molar-refractivity contribution < 1.29 is 19.7 Å². The molecular weight excluding hydrogens is 404 g/mol. The fraction of sp³-hybridized carbons (Fsp3) is 0.0769. The lowest BCUT2D eigenvalue weighted by Crippen LogP contribution is -2.01. The fourth-order valence-corrected chi connectivity index (χ4v) is 4.00. The molecule has 158 valence electrons. The number of fused-ring (bicyclic) bond motifs is 2. The van der Waals surface area contributed by atoms with Crippen molar-refractivity contribution in [1.82, 2.24) is 9.97 Å². The number of hydrogen-bond donors (Lipinski definition) is 2. The van der Waals surface area contributed by atoms with E-state index in [4.69, 9.17) is 19.4 Å². The molecule has 1 aromatic heterocycles. The Hall–Kier alpha value is -4.32. The van der Waals surface area contributed by atoms with Crippen molar-refractivity contribution in [2.45, 2.75) is 0 Å². The second kappa shape index (κ2) is 7.74. The van der Waals surface area contributed by atoms with E-state index >= 15 is 0 Å². The maximum Gasteiger partial charge on any atom is 0.171 e. The average molecular weight is 424 g/mol. The number of para-hydroxylation sites is 2. The largest absolute Gasteiger partial charge is 0.504 e. The van der Waals surface area contributed by atoms with Gasteiger partial charge >= 0.3 is 0 Å². The summed E-state index contributed by atoms with van der Waals surface area (Å²) in [6.07, 6.45) is 0. The maximum absolute atomic E-state index is 10.2. The van der Waals surface area contributed by atoms with Crippen LogP contribution in [0.2, 0.25) is 0 Å². The summed E-state index contributed by atoms with van der Waals surface area (Å²) in [5.74, 6) is 0.533. The van der Waals surface area contributed by atoms with E-state index in [1.165, 1.54) is 12.1 Å². The topological polar surface area (TPSA) is 84.7 Å². The third kappa shape index (κ3) is 3.04. The molecule has 1 heterocycles. The molecule has 0 atom stereocenters. The Labute approximate surface area is 184 Å². The van der Waals surface area contributed by atoms with Crippen LogP contribution in [0.3, 0.4) is 0 Å². The number of phenolic OH excluding ortho intramolecular Hbond substituents is 2. The van der Waals surface area contributed by atoms with E-state index in [9.17, 15) is 10.2 Å². The Morgan fingerprint density at radius 2 is 1.12 bits per heavy atom. The van der Waals surface area contributed by atoms with Gasteiger partial charge in [0.15, 0.2) is 23.0 Å². The normalized spacial score (nSPS) is 11.1. The summed E-state index contributed by atoms with van der Waals surface area (Å²) in [6, 6.07) is 22.1. The van der Waals surface area contributed by atoms with Gasteiger partial charge in [-0.25, -0.2) is 9.97 Å². The van der Waals surface area contributed by atoms with Crippen LogP contribution in [-0.2, 0) is 0 Å². The molecule has 0 aliphatic carbocycles. The third-order valence-electron chi connectivity index (χ3n) is 5.44. The molecule has 0 aliphatic heterocycles. The minimum Gasteiger partial charge on any atom is -0.504 e. The Kier molecular flexibility index (Phi) is 4.75. The lowest BCUT2D eigenvalue weighted by molar-refractivity contribution is 0.358. The van der Waals surface area contributed by atoms with Crippen molar-refractivity contribution in [3.05, 3.63) is 72.8 Å². The Bertz CT molecular complexity index is 1470. The summed E-state index contributed by atoms with van der Waals surface area (Å²) in [4.78, 5) is 9.89. The van der Waals surface area contributed by atoms with Crippen LogP contribution in [0.15, 0.2) is 72.8 Å². The molecule has 0 bridgehead atoms. The molecule has 5 aromatic rings. The third-order valence-corrected chi connectivity index (χ3v) is 5.44. The van der Waals surface area contributed by atoms with Gasteiger partial charge in [0.05, 0.1) is 36.4 Å². The van der Waals surface area contributed by atoms with Crippen LogP contribution in [0.25, 0.3) is 44.3 Å². The Balaban J connectivity index is 2.01. The molecule has 0 amide bonds. The molecule has 6 nitrogen and oxygen atoms in total. The zero-order valence-corrected chi connectivity index (χ0v) is 17.5. The number of aromatic hydroxyl groups is 2. The summed E-state index contributed by atoms with van der Waals surface area (Å²) < 4.78 is 11.7. The molecule has 0 unspecified atom stereocenters. The molecule has 0 fully saturated rings. The van der Waals surface area contributed by atoms with E-state index in [2.05, 4.69) is 0 Å². The molecule has 0 aliphatic rings. The molecular formula is C26H20N2O4. The van der Waals surface area contributed by atoms with Crippen LogP contribution >= 0.6 is 0 Å². The number of phenols is 2. The van der Waals surface area contributed by atoms with E-state index in [0.717, 1.165) is 22.2 Å². The SMILES string of the molecule is COc1c(OC)c(-c2ccc(O)c(O)c2)c2nc3ccccc3nc2c1-c1ccccc1. The van der Waals surface area contributed by atoms with Gasteiger partial charge < -0.3 is 19.7 Å². The molecule has 0 radical (unpaired) electrons. The van der Waals surface area contributed by atoms with Gasteiger partial charge in [0, 0.05) is 0 Å². The lowest BCUT2D eigenvalue weighted by atomic mass is 9.94. The summed E-state index contributed by atoms with van der Waals surface area (Å²) in [5.41, 5.74) is 5.65. The van der Waals surface area contributed by atoms with Gasteiger partial charge in [0.1, 0.15) is 11.0 Å². The minimum atomic E-state index is -0.238. The monoisotopic (exact) mass is 424 g/mol. The van der Waals surface area contributed by atoms with E-state index in [0.29, 0.717) is 33.7 Å². The lowest BCUT2D eigenvalue weighted by Gasteiger charge is -2.20. The number of nitrogens with zero attached hydrogens (tertiary/aromatic N) is 2. The highest BCUT2D eigenvalue weighted by molar-refractivity contribution is 6.09. The standard InChI is InChI=1S/C26H20N2O4/c1-31-25-21(15-8-4-3-5-9-15)23-24(28-18-11-7-6-10-17(18)27-23)22(26(25)32-2)16-12-13-19(29)20(30)14-16/h3-14,29-30H,1-2H3. The number of benzene rings is 4. The quantitative estimate of drug-likeness (QED) is 0.291. The number of rotatable bonds is 4. The van der Waals surface area contributed by atoms with Crippen molar-refractivity contribution in [2.24, 2.45) is 0 Å². The fourth-order valence-electron chi connectivity index (χ4n) is 4.00. The zero-order valence-electron chi connectivity index (χ0n) is 17.5. The number of methoxy groups -OCH3 is 2. The number of aromatic nitrogens is 2. The first-order valence-electron chi connectivity index (χ1n) is 10.0. The second-order valence-electron chi connectivity index (χ2n) is 7.30. The molecule has 6 heteroatoms. The highest BCUT2D eigenvalue weighted by Crippen LogP contribution is 2.50. The molecule has 0 saturated heterocycles. The van der Waals surface area contributed by atoms with Crippen molar-refractivity contribution in [3.63, 3.8) is 0 Å².